The molecule has 116 valence electrons. The van der Waals surface area contributed by atoms with E-state index in [1.54, 1.807) is 6.07 Å². The zero-order valence-electron chi connectivity index (χ0n) is 12.1. The lowest BCUT2D eigenvalue weighted by molar-refractivity contribution is -0.118. The van der Waals surface area contributed by atoms with Gasteiger partial charge in [-0.25, -0.2) is 0 Å². The van der Waals surface area contributed by atoms with Gasteiger partial charge in [-0.2, -0.15) is 0 Å². The van der Waals surface area contributed by atoms with Gasteiger partial charge in [0.15, 0.2) is 0 Å². The minimum atomic E-state index is -0.329. The summed E-state index contributed by atoms with van der Waals surface area (Å²) < 4.78 is 0. The van der Waals surface area contributed by atoms with Crippen LogP contribution in [0.5, 0.6) is 0 Å². The van der Waals surface area contributed by atoms with Crippen LogP contribution in [0.1, 0.15) is 30.0 Å². The lowest BCUT2D eigenvalue weighted by Gasteiger charge is -2.20. The van der Waals surface area contributed by atoms with Gasteiger partial charge in [-0.3, -0.25) is 4.79 Å². The maximum absolute atomic E-state index is 11.1. The summed E-state index contributed by atoms with van der Waals surface area (Å²) in [4.78, 5) is 11.1. The van der Waals surface area contributed by atoms with Gasteiger partial charge >= 0.3 is 0 Å². The largest absolute Gasteiger partial charge is 0.370 e. The number of nitrogens with one attached hydrogen (secondary N) is 1. The van der Waals surface area contributed by atoms with E-state index >= 15 is 0 Å². The molecule has 0 aliphatic carbocycles. The highest BCUT2D eigenvalue weighted by molar-refractivity contribution is 6.42. The molecule has 2 aromatic carbocycles. The third kappa shape index (κ3) is 4.73. The minimum absolute atomic E-state index is 0.0843. The molecule has 0 saturated heterocycles. The standard InChI is InChI=1S/C17H18Cl2N2O/c18-14-8-4-7-13(17(14)19)15(9-10-16(20)22)21-11-12-5-2-1-3-6-12/h1-8,15,21H,9-11H2,(H2,20,22). The second kappa shape index (κ2) is 8.18. The molecule has 0 fully saturated rings. The van der Waals surface area contributed by atoms with Gasteiger partial charge < -0.3 is 11.1 Å². The second-order valence-corrected chi connectivity index (χ2v) is 5.85. The van der Waals surface area contributed by atoms with Crippen LogP contribution in [0.4, 0.5) is 0 Å². The highest BCUT2D eigenvalue weighted by Gasteiger charge is 2.16. The summed E-state index contributed by atoms with van der Waals surface area (Å²) in [5.41, 5.74) is 7.31. The summed E-state index contributed by atoms with van der Waals surface area (Å²) in [6, 6.07) is 15.5. The van der Waals surface area contributed by atoms with Crippen molar-refractivity contribution in [1.29, 1.82) is 0 Å². The van der Waals surface area contributed by atoms with Gasteiger partial charge in [-0.15, -0.1) is 0 Å². The number of primary amides is 1. The molecule has 0 radical (unpaired) electrons. The monoisotopic (exact) mass is 336 g/mol. The molecule has 0 aliphatic heterocycles. The second-order valence-electron chi connectivity index (χ2n) is 5.07. The Kier molecular flexibility index (Phi) is 6.25. The number of carbonyl (C=O) groups excluding carboxylic acids is 1. The summed E-state index contributed by atoms with van der Waals surface area (Å²) >= 11 is 12.4. The first-order valence-corrected chi connectivity index (χ1v) is 7.83. The molecular weight excluding hydrogens is 319 g/mol. The van der Waals surface area contributed by atoms with E-state index in [2.05, 4.69) is 5.32 Å². The molecule has 0 spiro atoms. The van der Waals surface area contributed by atoms with Crippen LogP contribution in [0.25, 0.3) is 0 Å². The van der Waals surface area contributed by atoms with Crippen LogP contribution in [0, 0.1) is 0 Å². The van der Waals surface area contributed by atoms with Crippen LogP contribution in [0.2, 0.25) is 10.0 Å². The molecule has 0 saturated carbocycles. The number of carbonyl (C=O) groups is 1. The first-order valence-electron chi connectivity index (χ1n) is 7.07. The Morgan fingerprint density at radius 2 is 1.82 bits per heavy atom. The molecule has 1 unspecified atom stereocenters. The van der Waals surface area contributed by atoms with Crippen LogP contribution in [-0.4, -0.2) is 5.91 Å². The predicted molar refractivity (Wildman–Crippen MR) is 90.9 cm³/mol. The van der Waals surface area contributed by atoms with Gasteiger partial charge in [0.2, 0.25) is 5.91 Å². The van der Waals surface area contributed by atoms with E-state index in [-0.39, 0.29) is 18.4 Å². The van der Waals surface area contributed by atoms with Gasteiger partial charge in [0, 0.05) is 19.0 Å². The summed E-state index contributed by atoms with van der Waals surface area (Å²) in [6.07, 6.45) is 0.859. The molecule has 3 nitrogen and oxygen atoms in total. The molecule has 1 amide bonds. The van der Waals surface area contributed by atoms with Crippen molar-refractivity contribution < 1.29 is 4.79 Å². The minimum Gasteiger partial charge on any atom is -0.370 e. The molecule has 22 heavy (non-hydrogen) atoms. The number of amides is 1. The molecule has 0 aromatic heterocycles. The lowest BCUT2D eigenvalue weighted by Crippen LogP contribution is -2.23. The SMILES string of the molecule is NC(=O)CCC(NCc1ccccc1)c1cccc(Cl)c1Cl. The fourth-order valence-corrected chi connectivity index (χ4v) is 2.72. The van der Waals surface area contributed by atoms with E-state index < -0.39 is 0 Å². The topological polar surface area (TPSA) is 55.1 Å². The van der Waals surface area contributed by atoms with Crippen molar-refractivity contribution in [3.63, 3.8) is 0 Å². The third-order valence-corrected chi connectivity index (χ3v) is 4.27. The summed E-state index contributed by atoms with van der Waals surface area (Å²) in [5.74, 6) is -0.329. The molecule has 5 heteroatoms. The first-order chi connectivity index (χ1) is 10.6. The van der Waals surface area contributed by atoms with E-state index in [9.17, 15) is 4.79 Å². The molecule has 0 bridgehead atoms. The Labute approximate surface area is 140 Å². The zero-order valence-corrected chi connectivity index (χ0v) is 13.6. The fraction of sp³-hybridized carbons (Fsp3) is 0.235. The number of hydrogen-bond acceptors (Lipinski definition) is 2. The number of rotatable bonds is 7. The smallest absolute Gasteiger partial charge is 0.217 e. The Morgan fingerprint density at radius 1 is 1.09 bits per heavy atom. The van der Waals surface area contributed by atoms with E-state index in [1.165, 1.54) is 0 Å². The van der Waals surface area contributed by atoms with E-state index in [1.807, 2.05) is 42.5 Å². The van der Waals surface area contributed by atoms with Crippen molar-refractivity contribution in [3.05, 3.63) is 69.7 Å². The highest BCUT2D eigenvalue weighted by atomic mass is 35.5. The van der Waals surface area contributed by atoms with Crippen molar-refractivity contribution in [2.75, 3.05) is 0 Å². The molecular formula is C17H18Cl2N2O. The van der Waals surface area contributed by atoms with Gasteiger partial charge in [0.1, 0.15) is 0 Å². The summed E-state index contributed by atoms with van der Waals surface area (Å²) in [6.45, 7) is 0.674. The highest BCUT2D eigenvalue weighted by Crippen LogP contribution is 2.32. The molecule has 2 aromatic rings. The van der Waals surface area contributed by atoms with Crippen molar-refractivity contribution in [2.24, 2.45) is 5.73 Å². The van der Waals surface area contributed by atoms with Crippen LogP contribution >= 0.6 is 23.2 Å². The number of nitrogens with two attached hydrogens (primary N) is 1. The van der Waals surface area contributed by atoms with Crippen molar-refractivity contribution >= 4 is 29.1 Å². The van der Waals surface area contributed by atoms with Gasteiger partial charge in [0.05, 0.1) is 10.0 Å². The van der Waals surface area contributed by atoms with Gasteiger partial charge in [0.25, 0.3) is 0 Å². The average Bonchev–Trinajstić information content (AvgIpc) is 2.51. The van der Waals surface area contributed by atoms with E-state index in [0.29, 0.717) is 23.0 Å². The molecule has 2 rings (SSSR count). The first kappa shape index (κ1) is 16.8. The molecule has 3 N–H and O–H groups in total. The quantitative estimate of drug-likeness (QED) is 0.799. The van der Waals surface area contributed by atoms with Crippen molar-refractivity contribution in [3.8, 4) is 0 Å². The van der Waals surface area contributed by atoms with Gasteiger partial charge in [-0.1, -0.05) is 65.7 Å². The van der Waals surface area contributed by atoms with Crippen LogP contribution in [0.3, 0.4) is 0 Å². The summed E-state index contributed by atoms with van der Waals surface area (Å²) in [5, 5.41) is 4.44. The van der Waals surface area contributed by atoms with Crippen LogP contribution < -0.4 is 11.1 Å². The lowest BCUT2D eigenvalue weighted by atomic mass is 10.0. The Morgan fingerprint density at radius 3 is 2.50 bits per heavy atom. The third-order valence-electron chi connectivity index (χ3n) is 3.43. The zero-order chi connectivity index (χ0) is 15.9. The normalized spacial score (nSPS) is 12.1. The fourth-order valence-electron chi connectivity index (χ4n) is 2.28. The van der Waals surface area contributed by atoms with E-state index in [4.69, 9.17) is 28.9 Å². The van der Waals surface area contributed by atoms with Crippen LogP contribution in [-0.2, 0) is 11.3 Å². The number of halogens is 2. The summed E-state index contributed by atoms with van der Waals surface area (Å²) in [7, 11) is 0. The maximum Gasteiger partial charge on any atom is 0.217 e. The Balaban J connectivity index is 2.15. The molecule has 1 atom stereocenters. The predicted octanol–water partition coefficient (Wildman–Crippen LogP) is 4.09. The number of hydrogen-bond donors (Lipinski definition) is 2. The average molecular weight is 337 g/mol. The maximum atomic E-state index is 11.1. The van der Waals surface area contributed by atoms with Crippen molar-refractivity contribution in [1.82, 2.24) is 5.32 Å². The van der Waals surface area contributed by atoms with Crippen LogP contribution in [0.15, 0.2) is 48.5 Å². The van der Waals surface area contributed by atoms with E-state index in [0.717, 1.165) is 11.1 Å². The molecule has 0 heterocycles. The van der Waals surface area contributed by atoms with Crippen molar-refractivity contribution in [2.45, 2.75) is 25.4 Å². The number of benzene rings is 2. The Bertz CT molecular complexity index is 632. The van der Waals surface area contributed by atoms with Gasteiger partial charge in [-0.05, 0) is 23.6 Å². The molecule has 0 aliphatic rings. The Hall–Kier alpha value is -1.55.